The van der Waals surface area contributed by atoms with E-state index in [4.69, 9.17) is 16.7 Å². The quantitative estimate of drug-likeness (QED) is 0.776. The van der Waals surface area contributed by atoms with Crippen molar-refractivity contribution in [3.8, 4) is 9.88 Å². The summed E-state index contributed by atoms with van der Waals surface area (Å²) in [5, 5.41) is 14.3. The Kier molecular flexibility index (Phi) is 6.15. The molecule has 2 N–H and O–H groups in total. The van der Waals surface area contributed by atoms with Crippen LogP contribution < -0.4 is 5.32 Å². The molecule has 0 aromatic carbocycles. The predicted molar refractivity (Wildman–Crippen MR) is 93.2 cm³/mol. The topological polar surface area (TPSA) is 79.3 Å². The Hall–Kier alpha value is -1.44. The first-order chi connectivity index (χ1) is 10.8. The van der Waals surface area contributed by atoms with Gasteiger partial charge in [-0.05, 0) is 24.5 Å². The normalized spacial score (nSPS) is 12.3. The van der Waals surface area contributed by atoms with E-state index in [0.29, 0.717) is 16.5 Å². The van der Waals surface area contributed by atoms with Crippen molar-refractivity contribution < 1.29 is 14.7 Å². The second kappa shape index (κ2) is 7.90. The molecular formula is C15H17ClN2O3S2. The maximum absolute atomic E-state index is 12.0. The van der Waals surface area contributed by atoms with Gasteiger partial charge in [-0.2, -0.15) is 0 Å². The first-order valence-electron chi connectivity index (χ1n) is 7.07. The van der Waals surface area contributed by atoms with Gasteiger partial charge < -0.3 is 10.4 Å². The number of thiophene rings is 1. The smallest absolute Gasteiger partial charge is 0.326 e. The summed E-state index contributed by atoms with van der Waals surface area (Å²) in [5.41, 5.74) is 0.626. The van der Waals surface area contributed by atoms with Gasteiger partial charge in [-0.25, -0.2) is 9.78 Å². The van der Waals surface area contributed by atoms with Crippen molar-refractivity contribution in [2.75, 3.05) is 0 Å². The Morgan fingerprint density at radius 2 is 2.13 bits per heavy atom. The lowest BCUT2D eigenvalue weighted by atomic mass is 10.0. The summed E-state index contributed by atoms with van der Waals surface area (Å²) in [7, 11) is 0. The fourth-order valence-electron chi connectivity index (χ4n) is 2.03. The van der Waals surface area contributed by atoms with E-state index in [1.807, 2.05) is 19.9 Å². The van der Waals surface area contributed by atoms with Gasteiger partial charge in [-0.1, -0.05) is 25.4 Å². The molecule has 1 atom stereocenters. The Morgan fingerprint density at radius 1 is 1.39 bits per heavy atom. The van der Waals surface area contributed by atoms with Crippen LogP contribution in [0.2, 0.25) is 4.34 Å². The van der Waals surface area contributed by atoms with E-state index < -0.39 is 12.0 Å². The summed E-state index contributed by atoms with van der Waals surface area (Å²) in [6, 6.07) is 2.83. The van der Waals surface area contributed by atoms with Crippen LogP contribution >= 0.6 is 34.3 Å². The molecular weight excluding hydrogens is 356 g/mol. The number of hydrogen-bond donors (Lipinski definition) is 2. The monoisotopic (exact) mass is 372 g/mol. The number of carbonyl (C=O) groups excluding carboxylic acids is 1. The second-order valence-corrected chi connectivity index (χ2v) is 8.09. The average Bonchev–Trinajstić information content (AvgIpc) is 3.06. The molecule has 0 aliphatic rings. The third-order valence-corrected chi connectivity index (χ3v) is 5.31. The van der Waals surface area contributed by atoms with Gasteiger partial charge in [0.25, 0.3) is 0 Å². The lowest BCUT2D eigenvalue weighted by Gasteiger charge is -2.16. The zero-order valence-corrected chi connectivity index (χ0v) is 15.1. The Balaban J connectivity index is 1.97. The molecule has 2 aromatic heterocycles. The number of aliphatic carboxylic acids is 1. The standard InChI is InChI=1S/C15H17ClN2O3S2/c1-8(2)5-10(15(20)21)18-13(19)6-9-7-22-14(17-9)11-3-4-12(16)23-11/h3-4,7-8,10H,5-6H2,1-2H3,(H,18,19)(H,20,21)/t10-/m1/s1. The van der Waals surface area contributed by atoms with Gasteiger partial charge in [0.2, 0.25) is 5.91 Å². The van der Waals surface area contributed by atoms with Crippen LogP contribution in [0, 0.1) is 5.92 Å². The molecule has 2 rings (SSSR count). The summed E-state index contributed by atoms with van der Waals surface area (Å²) in [4.78, 5) is 28.6. The number of carboxylic acid groups (broad SMARTS) is 1. The Labute approximate surface area is 147 Å². The van der Waals surface area contributed by atoms with E-state index >= 15 is 0 Å². The number of halogens is 1. The number of carbonyl (C=O) groups is 2. The lowest BCUT2D eigenvalue weighted by Crippen LogP contribution is -2.42. The van der Waals surface area contributed by atoms with Crippen molar-refractivity contribution in [3.05, 3.63) is 27.5 Å². The molecule has 0 aliphatic heterocycles. The van der Waals surface area contributed by atoms with Crippen LogP contribution in [0.15, 0.2) is 17.5 Å². The predicted octanol–water partition coefficient (Wildman–Crippen LogP) is 3.68. The number of aromatic nitrogens is 1. The van der Waals surface area contributed by atoms with Crippen molar-refractivity contribution >= 4 is 46.2 Å². The minimum atomic E-state index is -1.01. The van der Waals surface area contributed by atoms with E-state index in [-0.39, 0.29) is 18.2 Å². The Morgan fingerprint density at radius 3 is 2.70 bits per heavy atom. The Bertz CT molecular complexity index is 696. The number of nitrogens with zero attached hydrogens (tertiary/aromatic N) is 1. The van der Waals surface area contributed by atoms with Gasteiger partial charge in [-0.3, -0.25) is 4.79 Å². The van der Waals surface area contributed by atoms with E-state index in [2.05, 4.69) is 10.3 Å². The van der Waals surface area contributed by atoms with Gasteiger partial charge in [-0.15, -0.1) is 22.7 Å². The molecule has 8 heteroatoms. The third-order valence-electron chi connectivity index (χ3n) is 3.02. The van der Waals surface area contributed by atoms with E-state index in [0.717, 1.165) is 9.88 Å². The van der Waals surface area contributed by atoms with E-state index in [1.165, 1.54) is 22.7 Å². The van der Waals surface area contributed by atoms with E-state index in [1.54, 1.807) is 11.4 Å². The summed E-state index contributed by atoms with van der Waals surface area (Å²) in [6.45, 7) is 3.84. The van der Waals surface area contributed by atoms with Gasteiger partial charge >= 0.3 is 5.97 Å². The molecule has 0 saturated heterocycles. The lowest BCUT2D eigenvalue weighted by molar-refractivity contribution is -0.142. The van der Waals surface area contributed by atoms with Crippen molar-refractivity contribution in [1.29, 1.82) is 0 Å². The summed E-state index contributed by atoms with van der Waals surface area (Å²) in [5.74, 6) is -1.16. The van der Waals surface area contributed by atoms with Crippen molar-refractivity contribution in [2.24, 2.45) is 5.92 Å². The number of nitrogens with one attached hydrogen (secondary N) is 1. The number of thiazole rings is 1. The van der Waals surface area contributed by atoms with Crippen LogP contribution in [0.5, 0.6) is 0 Å². The molecule has 2 heterocycles. The number of amides is 1. The highest BCUT2D eigenvalue weighted by Gasteiger charge is 2.21. The summed E-state index contributed by atoms with van der Waals surface area (Å²) < 4.78 is 0.687. The first kappa shape index (κ1) is 17.9. The molecule has 124 valence electrons. The zero-order chi connectivity index (χ0) is 17.0. The second-order valence-electron chi connectivity index (χ2n) is 5.51. The molecule has 0 spiro atoms. The van der Waals surface area contributed by atoms with Gasteiger partial charge in [0, 0.05) is 5.38 Å². The van der Waals surface area contributed by atoms with Crippen LogP contribution in [0.1, 0.15) is 26.0 Å². The zero-order valence-electron chi connectivity index (χ0n) is 12.7. The maximum Gasteiger partial charge on any atom is 0.326 e. The molecule has 23 heavy (non-hydrogen) atoms. The largest absolute Gasteiger partial charge is 0.480 e. The van der Waals surface area contributed by atoms with Crippen molar-refractivity contribution in [3.63, 3.8) is 0 Å². The minimum absolute atomic E-state index is 0.0669. The van der Waals surface area contributed by atoms with Crippen LogP contribution in [-0.4, -0.2) is 28.0 Å². The first-order valence-corrected chi connectivity index (χ1v) is 9.15. The fourth-order valence-corrected chi connectivity index (χ4v) is 3.97. The van der Waals surface area contributed by atoms with E-state index in [9.17, 15) is 9.59 Å². The van der Waals surface area contributed by atoms with Gasteiger partial charge in [0.15, 0.2) is 0 Å². The van der Waals surface area contributed by atoms with Gasteiger partial charge in [0.1, 0.15) is 11.0 Å². The minimum Gasteiger partial charge on any atom is -0.480 e. The maximum atomic E-state index is 12.0. The third kappa shape index (κ3) is 5.30. The SMILES string of the molecule is CC(C)C[C@@H](NC(=O)Cc1csc(-c2ccc(Cl)s2)n1)C(=O)O. The highest BCUT2D eigenvalue weighted by molar-refractivity contribution is 7.23. The number of carboxylic acids is 1. The fraction of sp³-hybridized carbons (Fsp3) is 0.400. The van der Waals surface area contributed by atoms with Crippen molar-refractivity contribution in [2.45, 2.75) is 32.7 Å². The molecule has 0 saturated carbocycles. The van der Waals surface area contributed by atoms with Crippen LogP contribution in [-0.2, 0) is 16.0 Å². The van der Waals surface area contributed by atoms with Crippen molar-refractivity contribution in [1.82, 2.24) is 10.3 Å². The average molecular weight is 373 g/mol. The molecule has 0 unspecified atom stereocenters. The van der Waals surface area contributed by atoms with Crippen LogP contribution in [0.4, 0.5) is 0 Å². The molecule has 0 fully saturated rings. The molecule has 0 aliphatic carbocycles. The van der Waals surface area contributed by atoms with Crippen LogP contribution in [0.25, 0.3) is 9.88 Å². The molecule has 0 radical (unpaired) electrons. The molecule has 0 bridgehead atoms. The molecule has 2 aromatic rings. The number of hydrogen-bond acceptors (Lipinski definition) is 5. The van der Waals surface area contributed by atoms with Gasteiger partial charge in [0.05, 0.1) is 21.3 Å². The molecule has 5 nitrogen and oxygen atoms in total. The highest BCUT2D eigenvalue weighted by Crippen LogP contribution is 2.32. The number of rotatable bonds is 7. The summed E-state index contributed by atoms with van der Waals surface area (Å²) >= 11 is 8.77. The van der Waals surface area contributed by atoms with Crippen LogP contribution in [0.3, 0.4) is 0 Å². The highest BCUT2D eigenvalue weighted by atomic mass is 35.5. The molecule has 1 amide bonds. The summed E-state index contributed by atoms with van der Waals surface area (Å²) in [6.07, 6.45) is 0.467.